The zero-order valence-corrected chi connectivity index (χ0v) is 22.0. The van der Waals surface area contributed by atoms with Gasteiger partial charge in [0.1, 0.15) is 11.5 Å². The van der Waals surface area contributed by atoms with Crippen molar-refractivity contribution in [3.8, 4) is 17.2 Å². The van der Waals surface area contributed by atoms with Crippen molar-refractivity contribution >= 4 is 21.7 Å². The van der Waals surface area contributed by atoms with Gasteiger partial charge in [0, 0.05) is 13.1 Å². The number of anilines is 1. The van der Waals surface area contributed by atoms with Crippen LogP contribution in [0.3, 0.4) is 0 Å². The molecule has 0 saturated heterocycles. The van der Waals surface area contributed by atoms with Crippen LogP contribution >= 0.6 is 10.7 Å². The maximum atomic E-state index is 12.6. The first kappa shape index (κ1) is 29.0. The van der Waals surface area contributed by atoms with Gasteiger partial charge in [-0.05, 0) is 81.2 Å². The summed E-state index contributed by atoms with van der Waals surface area (Å²) < 4.78 is 50.2. The summed E-state index contributed by atoms with van der Waals surface area (Å²) in [6, 6.07) is 9.33. The smallest absolute Gasteiger partial charge is 0.454 e. The minimum atomic E-state index is -4.75. The van der Waals surface area contributed by atoms with Crippen LogP contribution in [0.15, 0.2) is 41.3 Å². The first-order valence-corrected chi connectivity index (χ1v) is 13.1. The third-order valence-corrected chi connectivity index (χ3v) is 7.29. The van der Waals surface area contributed by atoms with Crippen LogP contribution in [-0.4, -0.2) is 48.3 Å². The molecule has 0 bridgehead atoms. The van der Waals surface area contributed by atoms with Gasteiger partial charge in [0.2, 0.25) is 0 Å². The zero-order chi connectivity index (χ0) is 26.0. The average Bonchev–Trinajstić information content (AvgIpc) is 2.80. The fraction of sp³-hybridized carbons (Fsp3) is 0.500. The standard InChI is InChI=1S/C26H37F3N2O3S/c1-6-9-15-31(16-10-7-2)23-17-20(19-32)18-24(35(8-3)30(4)5)25(23)33-21-11-13-22(14-12-21)34-26(27,28)29/h8,11-14,17-18,32H,6-7,9-10,15-16,19H2,1-5H3. The van der Waals surface area contributed by atoms with E-state index >= 15 is 0 Å². The predicted octanol–water partition coefficient (Wildman–Crippen LogP) is 7.20. The Kier molecular flexibility index (Phi) is 11.4. The van der Waals surface area contributed by atoms with Crippen LogP contribution in [0, 0.1) is 0 Å². The van der Waals surface area contributed by atoms with E-state index < -0.39 is 17.0 Å². The molecule has 0 aliphatic rings. The Labute approximate surface area is 209 Å². The molecule has 0 heterocycles. The molecule has 2 aromatic rings. The largest absolute Gasteiger partial charge is 0.573 e. The Hall–Kier alpha value is -2.23. The number of halogens is 3. The lowest BCUT2D eigenvalue weighted by atomic mass is 10.1. The molecule has 0 amide bonds. The molecule has 0 radical (unpaired) electrons. The first-order chi connectivity index (χ1) is 16.6. The monoisotopic (exact) mass is 514 g/mol. The molecule has 196 valence electrons. The van der Waals surface area contributed by atoms with Crippen LogP contribution in [0.4, 0.5) is 18.9 Å². The summed E-state index contributed by atoms with van der Waals surface area (Å²) in [4.78, 5) is 3.20. The van der Waals surface area contributed by atoms with E-state index in [1.165, 1.54) is 24.3 Å². The molecule has 1 unspecified atom stereocenters. The van der Waals surface area contributed by atoms with Gasteiger partial charge in [0.05, 0.1) is 17.2 Å². The van der Waals surface area contributed by atoms with Crippen molar-refractivity contribution in [1.82, 2.24) is 4.31 Å². The molecule has 0 spiro atoms. The molecule has 0 aliphatic heterocycles. The van der Waals surface area contributed by atoms with Crippen LogP contribution in [0.1, 0.15) is 52.0 Å². The first-order valence-electron chi connectivity index (χ1n) is 11.9. The van der Waals surface area contributed by atoms with E-state index in [2.05, 4.69) is 33.2 Å². The molecule has 1 atom stereocenters. The van der Waals surface area contributed by atoms with E-state index in [0.717, 1.165) is 54.9 Å². The van der Waals surface area contributed by atoms with Crippen LogP contribution in [-0.2, 0) is 6.61 Å². The fourth-order valence-corrected chi connectivity index (χ4v) is 5.32. The highest BCUT2D eigenvalue weighted by atomic mass is 32.2. The molecular weight excluding hydrogens is 477 g/mol. The molecule has 1 N–H and O–H groups in total. The number of rotatable bonds is 13. The molecule has 2 rings (SSSR count). The molecular formula is C26H37F3N2O3S. The maximum absolute atomic E-state index is 12.6. The molecule has 0 saturated carbocycles. The Morgan fingerprint density at radius 2 is 1.54 bits per heavy atom. The Balaban J connectivity index is 2.63. The summed E-state index contributed by atoms with van der Waals surface area (Å²) in [6.07, 6.45) is -0.665. The second-order valence-electron chi connectivity index (χ2n) is 8.28. The number of benzene rings is 2. The Morgan fingerprint density at radius 1 is 0.971 bits per heavy atom. The number of aliphatic hydroxyl groups is 1. The number of hydrogen-bond acceptors (Lipinski definition) is 5. The highest BCUT2D eigenvalue weighted by molar-refractivity contribution is 8.13. The number of unbranched alkanes of at least 4 members (excludes halogenated alkanes) is 2. The van der Waals surface area contributed by atoms with E-state index in [4.69, 9.17) is 4.74 Å². The van der Waals surface area contributed by atoms with Gasteiger partial charge in [-0.3, -0.25) is 4.31 Å². The lowest BCUT2D eigenvalue weighted by Crippen LogP contribution is -2.26. The van der Waals surface area contributed by atoms with Crippen LogP contribution < -0.4 is 14.4 Å². The Bertz CT molecular complexity index is 956. The number of nitrogens with zero attached hydrogens (tertiary/aromatic N) is 2. The minimum absolute atomic E-state index is 0.104. The SMILES string of the molecule is C/C=S(/c1cc(CO)cc(N(CCCC)CCCC)c1Oc1ccc(OC(F)(F)F)cc1)N(C)C. The van der Waals surface area contributed by atoms with E-state index in [9.17, 15) is 18.3 Å². The third kappa shape index (κ3) is 8.74. The fourth-order valence-electron chi connectivity index (χ4n) is 3.64. The highest BCUT2D eigenvalue weighted by Crippen LogP contribution is 2.46. The van der Waals surface area contributed by atoms with Crippen molar-refractivity contribution < 1.29 is 27.8 Å². The van der Waals surface area contributed by atoms with Crippen LogP contribution in [0.2, 0.25) is 0 Å². The topological polar surface area (TPSA) is 45.2 Å². The van der Waals surface area contributed by atoms with Gasteiger partial charge < -0.3 is 19.5 Å². The van der Waals surface area contributed by atoms with E-state index in [1.807, 2.05) is 33.2 Å². The molecule has 0 aromatic heterocycles. The van der Waals surface area contributed by atoms with Gasteiger partial charge in [-0.1, -0.05) is 37.4 Å². The lowest BCUT2D eigenvalue weighted by Gasteiger charge is -2.30. The van der Waals surface area contributed by atoms with Crippen LogP contribution in [0.25, 0.3) is 0 Å². The molecule has 35 heavy (non-hydrogen) atoms. The van der Waals surface area contributed by atoms with Gasteiger partial charge in [0.25, 0.3) is 0 Å². The summed E-state index contributed by atoms with van der Waals surface area (Å²) in [7, 11) is 3.53. The summed E-state index contributed by atoms with van der Waals surface area (Å²) >= 11 is 0. The predicted molar refractivity (Wildman–Crippen MR) is 139 cm³/mol. The quantitative estimate of drug-likeness (QED) is 0.286. The van der Waals surface area contributed by atoms with Crippen molar-refractivity contribution in [3.05, 3.63) is 42.0 Å². The van der Waals surface area contributed by atoms with Gasteiger partial charge in [-0.15, -0.1) is 13.2 Å². The van der Waals surface area contributed by atoms with Crippen molar-refractivity contribution in [2.24, 2.45) is 0 Å². The summed E-state index contributed by atoms with van der Waals surface area (Å²) in [5.74, 6) is 0.750. The average molecular weight is 515 g/mol. The number of alkyl halides is 3. The van der Waals surface area contributed by atoms with E-state index in [0.29, 0.717) is 11.5 Å². The number of hydrogen-bond donors (Lipinski definition) is 1. The molecule has 0 fully saturated rings. The summed E-state index contributed by atoms with van der Waals surface area (Å²) in [5, 5.41) is 12.1. The van der Waals surface area contributed by atoms with Crippen molar-refractivity contribution in [2.45, 2.75) is 64.3 Å². The molecule has 2 aromatic carbocycles. The minimum Gasteiger partial charge on any atom is -0.454 e. The maximum Gasteiger partial charge on any atom is 0.573 e. The second kappa shape index (κ2) is 13.8. The van der Waals surface area contributed by atoms with Gasteiger partial charge >= 0.3 is 6.36 Å². The van der Waals surface area contributed by atoms with Crippen LogP contribution in [0.5, 0.6) is 17.2 Å². The lowest BCUT2D eigenvalue weighted by molar-refractivity contribution is -0.274. The van der Waals surface area contributed by atoms with Crippen molar-refractivity contribution in [2.75, 3.05) is 32.1 Å². The Morgan fingerprint density at radius 3 is 2.00 bits per heavy atom. The van der Waals surface area contributed by atoms with Gasteiger partial charge in [-0.2, -0.15) is 0 Å². The van der Waals surface area contributed by atoms with Crippen molar-refractivity contribution in [3.63, 3.8) is 0 Å². The molecule has 9 heteroatoms. The molecule has 5 nitrogen and oxygen atoms in total. The van der Waals surface area contributed by atoms with E-state index in [-0.39, 0.29) is 12.4 Å². The van der Waals surface area contributed by atoms with Gasteiger partial charge in [-0.25, -0.2) is 0 Å². The van der Waals surface area contributed by atoms with E-state index in [1.54, 1.807) is 0 Å². The third-order valence-electron chi connectivity index (χ3n) is 5.30. The van der Waals surface area contributed by atoms with Crippen molar-refractivity contribution in [1.29, 1.82) is 0 Å². The highest BCUT2D eigenvalue weighted by Gasteiger charge is 2.31. The van der Waals surface area contributed by atoms with Gasteiger partial charge in [0.15, 0.2) is 5.75 Å². The summed E-state index contributed by atoms with van der Waals surface area (Å²) in [6.45, 7) is 7.84. The zero-order valence-electron chi connectivity index (χ0n) is 21.2. The second-order valence-corrected chi connectivity index (χ2v) is 10.5. The normalized spacial score (nSPS) is 12.7. The number of aliphatic hydroxyl groups excluding tert-OH is 1. The summed E-state index contributed by atoms with van der Waals surface area (Å²) in [5.41, 5.74) is 1.67. The molecule has 0 aliphatic carbocycles. The number of ether oxygens (including phenoxy) is 2.